The monoisotopic (exact) mass is 282 g/mol. The summed E-state index contributed by atoms with van der Waals surface area (Å²) in [6.07, 6.45) is 1.39. The highest BCUT2D eigenvalue weighted by atomic mass is 32.2. The number of amides is 2. The third kappa shape index (κ3) is 2.76. The van der Waals surface area contributed by atoms with Gasteiger partial charge in [-0.3, -0.25) is 13.8 Å². The van der Waals surface area contributed by atoms with E-state index in [0.29, 0.717) is 5.75 Å². The van der Waals surface area contributed by atoms with Gasteiger partial charge < -0.3 is 15.4 Å². The maximum absolute atomic E-state index is 11.7. The van der Waals surface area contributed by atoms with Gasteiger partial charge in [0, 0.05) is 6.26 Å². The number of para-hydroxylation sites is 1. The lowest BCUT2D eigenvalue weighted by atomic mass is 10.1. The molecule has 0 aliphatic carbocycles. The summed E-state index contributed by atoms with van der Waals surface area (Å²) in [7, 11) is -1.48. The quantitative estimate of drug-likeness (QED) is 0.705. The Balaban J connectivity index is 1.91. The zero-order valence-corrected chi connectivity index (χ0v) is 11.2. The van der Waals surface area contributed by atoms with Crippen molar-refractivity contribution in [3.8, 4) is 5.75 Å². The van der Waals surface area contributed by atoms with Crippen LogP contribution in [0.4, 0.5) is 0 Å². The highest BCUT2D eigenvalue weighted by Gasteiger charge is 2.51. The standard InChI is InChI=1S/C12H14N2O4S/c1-19(17)12(8-13-11(12)16)14-10(15)7-18-9-5-3-2-4-6-9/h2-6H,7-8H2,1H3,(H,13,16)(H,14,15). The zero-order valence-electron chi connectivity index (χ0n) is 10.3. The molecule has 2 unspecified atom stereocenters. The highest BCUT2D eigenvalue weighted by molar-refractivity contribution is 7.86. The van der Waals surface area contributed by atoms with E-state index >= 15 is 0 Å². The molecule has 1 saturated heterocycles. The smallest absolute Gasteiger partial charge is 0.260 e. The average molecular weight is 282 g/mol. The SMILES string of the molecule is CS(=O)C1(NC(=O)COc2ccccc2)CNC1=O. The first kappa shape index (κ1) is 13.5. The Morgan fingerprint density at radius 3 is 2.63 bits per heavy atom. The van der Waals surface area contributed by atoms with Crippen molar-refractivity contribution in [2.24, 2.45) is 0 Å². The highest BCUT2D eigenvalue weighted by Crippen LogP contribution is 2.16. The van der Waals surface area contributed by atoms with Gasteiger partial charge in [-0.25, -0.2) is 0 Å². The van der Waals surface area contributed by atoms with E-state index in [1.165, 1.54) is 6.26 Å². The van der Waals surface area contributed by atoms with Crippen LogP contribution in [0.2, 0.25) is 0 Å². The molecule has 1 aliphatic rings. The number of rotatable bonds is 5. The maximum Gasteiger partial charge on any atom is 0.260 e. The van der Waals surface area contributed by atoms with Gasteiger partial charge in [-0.05, 0) is 12.1 Å². The fourth-order valence-corrected chi connectivity index (χ4v) is 2.52. The Kier molecular flexibility index (Phi) is 3.84. The summed E-state index contributed by atoms with van der Waals surface area (Å²) >= 11 is 0. The Bertz CT molecular complexity index is 510. The lowest BCUT2D eigenvalue weighted by molar-refractivity contribution is -0.135. The second-order valence-corrected chi connectivity index (χ2v) is 5.72. The summed E-state index contributed by atoms with van der Waals surface area (Å²) in [6, 6.07) is 8.85. The summed E-state index contributed by atoms with van der Waals surface area (Å²) in [6.45, 7) is -0.0533. The second-order valence-electron chi connectivity index (χ2n) is 4.11. The first-order chi connectivity index (χ1) is 9.04. The molecule has 0 saturated carbocycles. The molecule has 0 spiro atoms. The molecule has 6 nitrogen and oxygen atoms in total. The van der Waals surface area contributed by atoms with Crippen LogP contribution < -0.4 is 15.4 Å². The molecule has 1 aromatic carbocycles. The molecule has 0 bridgehead atoms. The number of nitrogens with one attached hydrogen (secondary N) is 2. The zero-order chi connectivity index (χ0) is 13.9. The van der Waals surface area contributed by atoms with Gasteiger partial charge in [0.2, 0.25) is 4.87 Å². The minimum Gasteiger partial charge on any atom is -0.484 e. The predicted molar refractivity (Wildman–Crippen MR) is 69.9 cm³/mol. The molecular weight excluding hydrogens is 268 g/mol. The lowest BCUT2D eigenvalue weighted by Crippen LogP contribution is -2.75. The first-order valence-electron chi connectivity index (χ1n) is 5.65. The van der Waals surface area contributed by atoms with Crippen molar-refractivity contribution in [1.82, 2.24) is 10.6 Å². The number of hydrogen-bond acceptors (Lipinski definition) is 4. The molecule has 2 rings (SSSR count). The van der Waals surface area contributed by atoms with Gasteiger partial charge in [-0.2, -0.15) is 0 Å². The van der Waals surface area contributed by atoms with Gasteiger partial charge in [0.05, 0.1) is 17.3 Å². The number of carbonyl (C=O) groups is 2. The number of benzene rings is 1. The largest absolute Gasteiger partial charge is 0.484 e. The van der Waals surface area contributed by atoms with Crippen LogP contribution in [0.3, 0.4) is 0 Å². The van der Waals surface area contributed by atoms with E-state index in [0.717, 1.165) is 0 Å². The van der Waals surface area contributed by atoms with Crippen LogP contribution in [0, 0.1) is 0 Å². The summed E-state index contributed by atoms with van der Waals surface area (Å²) in [5.41, 5.74) is 0. The molecule has 1 aromatic rings. The van der Waals surface area contributed by atoms with Crippen molar-refractivity contribution < 1.29 is 18.5 Å². The molecule has 19 heavy (non-hydrogen) atoms. The van der Waals surface area contributed by atoms with E-state index in [2.05, 4.69) is 10.6 Å². The molecule has 0 aromatic heterocycles. The number of carbonyl (C=O) groups excluding carboxylic acids is 2. The van der Waals surface area contributed by atoms with E-state index in [-0.39, 0.29) is 13.2 Å². The van der Waals surface area contributed by atoms with Gasteiger partial charge in [0.1, 0.15) is 5.75 Å². The van der Waals surface area contributed by atoms with Crippen molar-refractivity contribution in [3.05, 3.63) is 30.3 Å². The predicted octanol–water partition coefficient (Wildman–Crippen LogP) is -0.614. The molecule has 7 heteroatoms. The topological polar surface area (TPSA) is 84.5 Å². The third-order valence-corrected chi connectivity index (χ3v) is 4.22. The van der Waals surface area contributed by atoms with E-state index in [1.54, 1.807) is 24.3 Å². The van der Waals surface area contributed by atoms with E-state index in [4.69, 9.17) is 4.74 Å². The summed E-state index contributed by atoms with van der Waals surface area (Å²) < 4.78 is 16.8. The normalized spacial score (nSPS) is 22.9. The minimum absolute atomic E-state index is 0.173. The molecule has 2 amide bonds. The Morgan fingerprint density at radius 2 is 2.16 bits per heavy atom. The van der Waals surface area contributed by atoms with Crippen LogP contribution in [-0.2, 0) is 20.4 Å². The van der Waals surface area contributed by atoms with E-state index in [9.17, 15) is 13.8 Å². The molecule has 102 valence electrons. The Hall–Kier alpha value is -1.89. The number of β-lactam (4-membered cyclic amide) rings is 1. The van der Waals surface area contributed by atoms with Crippen LogP contribution in [0.1, 0.15) is 0 Å². The number of ether oxygens (including phenoxy) is 1. The third-order valence-electron chi connectivity index (χ3n) is 2.81. The van der Waals surface area contributed by atoms with Gasteiger partial charge in [0.25, 0.3) is 11.8 Å². The molecule has 1 fully saturated rings. The number of hydrogen-bond donors (Lipinski definition) is 2. The fraction of sp³-hybridized carbons (Fsp3) is 0.333. The van der Waals surface area contributed by atoms with Gasteiger partial charge in [-0.1, -0.05) is 18.2 Å². The van der Waals surface area contributed by atoms with E-state index < -0.39 is 27.5 Å². The van der Waals surface area contributed by atoms with Crippen molar-refractivity contribution in [2.45, 2.75) is 4.87 Å². The van der Waals surface area contributed by atoms with Crippen molar-refractivity contribution in [3.63, 3.8) is 0 Å². The van der Waals surface area contributed by atoms with Crippen LogP contribution in [0.5, 0.6) is 5.75 Å². The van der Waals surface area contributed by atoms with Crippen LogP contribution in [0.15, 0.2) is 30.3 Å². The second kappa shape index (κ2) is 5.40. The summed E-state index contributed by atoms with van der Waals surface area (Å²) in [5.74, 6) is -0.349. The van der Waals surface area contributed by atoms with Crippen molar-refractivity contribution in [2.75, 3.05) is 19.4 Å². The lowest BCUT2D eigenvalue weighted by Gasteiger charge is -2.38. The average Bonchev–Trinajstić information content (AvgIpc) is 2.41. The van der Waals surface area contributed by atoms with Crippen LogP contribution >= 0.6 is 0 Å². The molecule has 1 heterocycles. The molecular formula is C12H14N2O4S. The Labute approximate surface area is 113 Å². The first-order valence-corrected chi connectivity index (χ1v) is 7.21. The van der Waals surface area contributed by atoms with Crippen molar-refractivity contribution >= 4 is 22.6 Å². The maximum atomic E-state index is 11.7. The molecule has 2 N–H and O–H groups in total. The van der Waals surface area contributed by atoms with Crippen LogP contribution in [-0.4, -0.2) is 40.3 Å². The Morgan fingerprint density at radius 1 is 1.47 bits per heavy atom. The minimum atomic E-state index is -1.48. The molecule has 2 atom stereocenters. The van der Waals surface area contributed by atoms with Crippen LogP contribution in [0.25, 0.3) is 0 Å². The van der Waals surface area contributed by atoms with E-state index in [1.807, 2.05) is 6.07 Å². The van der Waals surface area contributed by atoms with Gasteiger partial charge in [0.15, 0.2) is 6.61 Å². The summed E-state index contributed by atoms with van der Waals surface area (Å²) in [4.78, 5) is 21.9. The molecule has 0 radical (unpaired) electrons. The summed E-state index contributed by atoms with van der Waals surface area (Å²) in [5, 5.41) is 4.95. The van der Waals surface area contributed by atoms with Crippen molar-refractivity contribution in [1.29, 1.82) is 0 Å². The van der Waals surface area contributed by atoms with Gasteiger partial charge in [-0.15, -0.1) is 0 Å². The van der Waals surface area contributed by atoms with Gasteiger partial charge >= 0.3 is 0 Å². The fourth-order valence-electron chi connectivity index (χ4n) is 1.65. The molecule has 1 aliphatic heterocycles.